The number of carbonyl (C=O) groups is 2. The van der Waals surface area contributed by atoms with Crippen molar-refractivity contribution in [1.82, 2.24) is 0 Å². The molecule has 0 amide bonds. The van der Waals surface area contributed by atoms with Crippen molar-refractivity contribution in [3.63, 3.8) is 0 Å². The summed E-state index contributed by atoms with van der Waals surface area (Å²) in [7, 11) is 2.44. The van der Waals surface area contributed by atoms with Gasteiger partial charge in [-0.3, -0.25) is 0 Å². The molecule has 0 aliphatic rings. The van der Waals surface area contributed by atoms with E-state index in [1.165, 1.54) is 14.2 Å². The van der Waals surface area contributed by atoms with Crippen LogP contribution >= 0.6 is 11.6 Å². The smallest absolute Gasteiger partial charge is 0.354 e. The van der Waals surface area contributed by atoms with E-state index in [0.29, 0.717) is 16.3 Å². The first-order chi connectivity index (χ1) is 11.4. The van der Waals surface area contributed by atoms with Crippen LogP contribution in [0.15, 0.2) is 28.3 Å². The molecule has 0 fully saturated rings. The molecule has 0 aliphatic carbocycles. The summed E-state index contributed by atoms with van der Waals surface area (Å²) in [5.41, 5.74) is 2.04. The molecule has 1 aromatic carbocycles. The van der Waals surface area contributed by atoms with Crippen molar-refractivity contribution in [1.29, 1.82) is 0 Å². The number of benzene rings is 1. The highest BCUT2D eigenvalue weighted by Crippen LogP contribution is 2.34. The molecule has 0 atom stereocenters. The van der Waals surface area contributed by atoms with E-state index in [-0.39, 0.29) is 5.70 Å². The lowest BCUT2D eigenvalue weighted by atomic mass is 10.1. The molecule has 1 heterocycles. The molecular weight excluding hydrogens is 334 g/mol. The highest BCUT2D eigenvalue weighted by molar-refractivity contribution is 6.35. The molecule has 2 aromatic rings. The first-order valence-electron chi connectivity index (χ1n) is 7.27. The lowest BCUT2D eigenvalue weighted by molar-refractivity contribution is -0.138. The quantitative estimate of drug-likeness (QED) is 0.655. The van der Waals surface area contributed by atoms with Crippen molar-refractivity contribution in [2.45, 2.75) is 20.3 Å². The van der Waals surface area contributed by atoms with E-state index in [1.807, 2.05) is 13.8 Å². The Morgan fingerprint density at radius 3 is 2.58 bits per heavy atom. The lowest BCUT2D eigenvalue weighted by Gasteiger charge is -2.10. The molecule has 2 rings (SSSR count). The predicted octanol–water partition coefficient (Wildman–Crippen LogP) is 3.60. The van der Waals surface area contributed by atoms with Crippen molar-refractivity contribution < 1.29 is 23.5 Å². The number of aryl methyl sites for hydroxylation is 2. The van der Waals surface area contributed by atoms with Gasteiger partial charge in [0.05, 0.1) is 25.3 Å². The van der Waals surface area contributed by atoms with E-state index in [4.69, 9.17) is 16.0 Å². The van der Waals surface area contributed by atoms with Gasteiger partial charge in [-0.15, -0.1) is 0 Å². The maximum atomic E-state index is 11.8. The number of fused-ring (bicyclic) bond motifs is 1. The van der Waals surface area contributed by atoms with E-state index < -0.39 is 11.9 Å². The van der Waals surface area contributed by atoms with Crippen molar-refractivity contribution in [3.8, 4) is 0 Å². The summed E-state index contributed by atoms with van der Waals surface area (Å²) in [5, 5.41) is 4.08. The number of halogens is 1. The fraction of sp³-hybridized carbons (Fsp3) is 0.294. The van der Waals surface area contributed by atoms with E-state index in [9.17, 15) is 9.59 Å². The van der Waals surface area contributed by atoms with Crippen LogP contribution in [-0.2, 0) is 25.5 Å². The van der Waals surface area contributed by atoms with Crippen molar-refractivity contribution in [2.75, 3.05) is 19.5 Å². The molecule has 0 unspecified atom stereocenters. The van der Waals surface area contributed by atoms with Gasteiger partial charge < -0.3 is 19.2 Å². The molecule has 0 radical (unpaired) electrons. The minimum absolute atomic E-state index is 0.0587. The molecule has 0 bridgehead atoms. The summed E-state index contributed by atoms with van der Waals surface area (Å²) in [4.78, 5) is 23.2. The number of methoxy groups -OCH3 is 2. The van der Waals surface area contributed by atoms with Crippen LogP contribution in [0.3, 0.4) is 0 Å². The third kappa shape index (κ3) is 3.54. The van der Waals surface area contributed by atoms with Gasteiger partial charge in [0, 0.05) is 17.5 Å². The number of anilines is 1. The van der Waals surface area contributed by atoms with Crippen LogP contribution in [0.1, 0.15) is 18.2 Å². The Bertz CT molecular complexity index is 822. The molecule has 0 aliphatic heterocycles. The number of hydrogen-bond acceptors (Lipinski definition) is 6. The Morgan fingerprint density at radius 2 is 2.00 bits per heavy atom. The fourth-order valence-corrected chi connectivity index (χ4v) is 2.58. The minimum atomic E-state index is -0.699. The number of carbonyl (C=O) groups excluding carboxylic acids is 2. The summed E-state index contributed by atoms with van der Waals surface area (Å²) in [6.45, 7) is 3.93. The van der Waals surface area contributed by atoms with Gasteiger partial charge in [0.1, 0.15) is 11.5 Å². The van der Waals surface area contributed by atoms with Gasteiger partial charge in [-0.2, -0.15) is 0 Å². The minimum Gasteiger partial charge on any atom is -0.466 e. The largest absolute Gasteiger partial charge is 0.466 e. The third-order valence-electron chi connectivity index (χ3n) is 3.56. The van der Waals surface area contributed by atoms with Crippen LogP contribution < -0.4 is 5.32 Å². The molecule has 6 nitrogen and oxygen atoms in total. The summed E-state index contributed by atoms with van der Waals surface area (Å²) in [6.07, 6.45) is 1.76. The average molecular weight is 352 g/mol. The van der Waals surface area contributed by atoms with Crippen LogP contribution in [-0.4, -0.2) is 26.2 Å². The van der Waals surface area contributed by atoms with Gasteiger partial charge in [0.25, 0.3) is 0 Å². The summed E-state index contributed by atoms with van der Waals surface area (Å²) >= 11 is 6.27. The maximum absolute atomic E-state index is 11.8. The zero-order valence-electron chi connectivity index (χ0n) is 13.9. The normalized spacial score (nSPS) is 11.5. The van der Waals surface area contributed by atoms with E-state index >= 15 is 0 Å². The summed E-state index contributed by atoms with van der Waals surface area (Å²) in [5.74, 6) is -0.528. The number of hydrogen-bond donors (Lipinski definition) is 1. The molecule has 128 valence electrons. The van der Waals surface area contributed by atoms with E-state index in [2.05, 4.69) is 14.8 Å². The topological polar surface area (TPSA) is 77.8 Å². The fourth-order valence-electron chi connectivity index (χ4n) is 2.32. The van der Waals surface area contributed by atoms with Gasteiger partial charge in [-0.05, 0) is 24.6 Å². The highest BCUT2D eigenvalue weighted by Gasteiger charge is 2.17. The molecular formula is C17H18ClNO5. The Hall–Kier alpha value is -2.47. The highest BCUT2D eigenvalue weighted by atomic mass is 35.5. The third-order valence-corrected chi connectivity index (χ3v) is 3.84. The molecule has 0 saturated heterocycles. The number of furan rings is 1. The van der Waals surface area contributed by atoms with Crippen molar-refractivity contribution in [3.05, 3.63) is 40.3 Å². The Morgan fingerprint density at radius 1 is 1.29 bits per heavy atom. The van der Waals surface area contributed by atoms with Crippen LogP contribution in [0.25, 0.3) is 11.0 Å². The second-order valence-corrected chi connectivity index (χ2v) is 5.44. The summed E-state index contributed by atoms with van der Waals surface area (Å²) < 4.78 is 15.0. The molecule has 24 heavy (non-hydrogen) atoms. The van der Waals surface area contributed by atoms with Crippen molar-refractivity contribution in [2.24, 2.45) is 0 Å². The second-order valence-electron chi connectivity index (χ2n) is 5.04. The van der Waals surface area contributed by atoms with Crippen LogP contribution in [0.4, 0.5) is 5.69 Å². The van der Waals surface area contributed by atoms with Crippen molar-refractivity contribution >= 4 is 40.2 Å². The predicted molar refractivity (Wildman–Crippen MR) is 91.1 cm³/mol. The molecule has 0 spiro atoms. The van der Waals surface area contributed by atoms with Gasteiger partial charge in [0.15, 0.2) is 5.58 Å². The van der Waals surface area contributed by atoms with Crippen LogP contribution in [0, 0.1) is 6.92 Å². The van der Waals surface area contributed by atoms with Gasteiger partial charge >= 0.3 is 11.9 Å². The monoisotopic (exact) mass is 351 g/mol. The SMILES string of the molecule is CCc1oc2c(Cl)cc(N/C(=C/C(=O)OC)C(=O)OC)cc2c1C. The van der Waals surface area contributed by atoms with Gasteiger partial charge in [-0.1, -0.05) is 18.5 Å². The van der Waals surface area contributed by atoms with Gasteiger partial charge in [-0.25, -0.2) is 9.59 Å². The standard InChI is InChI=1S/C17H18ClNO5/c1-5-14-9(2)11-6-10(7-12(18)16(11)24-14)19-13(17(21)23-4)8-15(20)22-3/h6-8,19H,5H2,1-4H3/b13-8+. The molecule has 1 N–H and O–H groups in total. The maximum Gasteiger partial charge on any atom is 0.354 e. The zero-order valence-corrected chi connectivity index (χ0v) is 14.6. The molecule has 0 saturated carbocycles. The Balaban J connectivity index is 2.47. The first kappa shape index (κ1) is 17.9. The molecule has 7 heteroatoms. The van der Waals surface area contributed by atoms with Gasteiger partial charge in [0.2, 0.25) is 0 Å². The number of rotatable bonds is 5. The summed E-state index contributed by atoms with van der Waals surface area (Å²) in [6, 6.07) is 3.41. The Kier molecular flexibility index (Phi) is 5.51. The Labute approximate surface area is 144 Å². The number of esters is 2. The average Bonchev–Trinajstić information content (AvgIpc) is 2.90. The second kappa shape index (κ2) is 7.40. The van der Waals surface area contributed by atoms with E-state index in [0.717, 1.165) is 29.2 Å². The first-order valence-corrected chi connectivity index (χ1v) is 7.65. The number of nitrogens with one attached hydrogen (secondary N) is 1. The van der Waals surface area contributed by atoms with Crippen LogP contribution in [0.2, 0.25) is 5.02 Å². The number of ether oxygens (including phenoxy) is 2. The van der Waals surface area contributed by atoms with Crippen LogP contribution in [0.5, 0.6) is 0 Å². The lowest BCUT2D eigenvalue weighted by Crippen LogP contribution is -2.15. The molecule has 1 aromatic heterocycles. The zero-order chi connectivity index (χ0) is 17.9. The van der Waals surface area contributed by atoms with E-state index in [1.54, 1.807) is 12.1 Å².